The summed E-state index contributed by atoms with van der Waals surface area (Å²) in [5.41, 5.74) is 0. The third kappa shape index (κ3) is 1.46. The smallest absolute Gasteiger partial charge is 0.123 e. The van der Waals surface area contributed by atoms with E-state index in [-0.39, 0.29) is 5.31 Å². The molecule has 1 aliphatic heterocycles. The molecule has 2 heteroatoms. The minimum absolute atomic E-state index is 0.0334. The Bertz CT molecular complexity index is 314. The fraction of sp³-hybridized carbons (Fsp3) is 1.00. The normalized spacial score (nSPS) is 86.6. The van der Waals surface area contributed by atoms with E-state index in [0.29, 0.717) is 0 Å². The Kier molecular flexibility index (Phi) is 0.505. The number of nitrogens with one attached hydrogen (secondary N) is 1. The highest BCUT2D eigenvalue weighted by Gasteiger charge is 2.09. The van der Waals surface area contributed by atoms with Gasteiger partial charge in [0.1, 0.15) is 1.41 Å². The van der Waals surface area contributed by atoms with E-state index in [0.717, 1.165) is 0 Å². The highest BCUT2D eigenvalue weighted by Crippen LogP contribution is 2.04. The van der Waals surface area contributed by atoms with Crippen molar-refractivity contribution in [3.05, 3.63) is 0 Å². The molecule has 2 atom stereocenters. The van der Waals surface area contributed by atoms with Crippen LogP contribution < -0.4 is 5.31 Å². The van der Waals surface area contributed by atoms with E-state index in [1.807, 2.05) is 0 Å². The molecule has 0 bridgehead atoms. The molecular weight excluding hydrogens is 102 g/mol. The maximum atomic E-state index is 9.01. The number of aliphatic hydroxyl groups excluding tert-OH is 1. The van der Waals surface area contributed by atoms with Gasteiger partial charge in [0.2, 0.25) is 0 Å². The average Bonchev–Trinajstić information content (AvgIpc) is 2.23. The van der Waals surface area contributed by atoms with Gasteiger partial charge >= 0.3 is 0 Å². The molecule has 0 saturated carbocycles. The minimum Gasteiger partial charge on any atom is -0.395 e. The molecule has 0 spiro atoms. The molecule has 0 amide bonds. The summed E-state index contributed by atoms with van der Waals surface area (Å²) >= 11 is 0. The van der Waals surface area contributed by atoms with Gasteiger partial charge in [-0.05, 0) is 19.3 Å². The van der Waals surface area contributed by atoms with Crippen LogP contribution in [0.2, 0.25) is 1.41 Å². The lowest BCUT2D eigenvalue weighted by atomic mass is 10.1. The monoisotopic (exact) mass is 124 g/mol. The van der Waals surface area contributed by atoms with Crippen LogP contribution in [0.5, 0.6) is 0 Å². The molecule has 0 aromatic rings. The van der Waals surface area contributed by atoms with Crippen molar-refractivity contribution in [3.63, 3.8) is 0 Å². The zero-order chi connectivity index (χ0) is 13.9. The van der Waals surface area contributed by atoms with Gasteiger partial charge in [-0.3, -0.25) is 0 Å². The summed E-state index contributed by atoms with van der Waals surface area (Å²) in [4.78, 5) is 0. The Labute approximate surface area is 62.6 Å². The molecule has 1 rings (SSSR count). The molecule has 0 radical (unpaired) electrons. The third-order valence-corrected chi connectivity index (χ3v) is 0.714. The molecule has 0 aromatic carbocycles. The van der Waals surface area contributed by atoms with Crippen LogP contribution >= 0.6 is 0 Å². The Morgan fingerprint density at radius 1 is 2.00 bits per heavy atom. The van der Waals surface area contributed by atoms with Crippen LogP contribution in [0, 0.1) is 0 Å². The molecule has 8 heavy (non-hydrogen) atoms. The minimum atomic E-state index is -3.17. The summed E-state index contributed by atoms with van der Waals surface area (Å²) < 4.78 is 67.2. The summed E-state index contributed by atoms with van der Waals surface area (Å²) in [5, 5.41) is 8.98. The van der Waals surface area contributed by atoms with Crippen LogP contribution in [-0.4, -0.2) is 24.3 Å². The topological polar surface area (TPSA) is 32.3 Å². The molecule has 1 fully saturated rings. The van der Waals surface area contributed by atoms with Crippen LogP contribution in [0.4, 0.5) is 0 Å². The van der Waals surface area contributed by atoms with Crippen molar-refractivity contribution in [3.8, 4) is 0 Å². The summed E-state index contributed by atoms with van der Waals surface area (Å²) in [5.74, 6) is 0. The summed E-state index contributed by atoms with van der Waals surface area (Å²) in [6.07, 6.45) is -9.29. The lowest BCUT2D eigenvalue weighted by Crippen LogP contribution is -2.36. The van der Waals surface area contributed by atoms with Gasteiger partial charge in [0.05, 0.1) is 6.61 Å². The van der Waals surface area contributed by atoms with Gasteiger partial charge in [-0.1, -0.05) is 6.37 Å². The molecule has 0 aromatic heterocycles. The van der Waals surface area contributed by atoms with Crippen LogP contribution in [0.15, 0.2) is 0 Å². The third-order valence-electron chi connectivity index (χ3n) is 0.714. The average molecular weight is 124 g/mol. The molecule has 2 N–H and O–H groups in total. The fourth-order valence-electron chi connectivity index (χ4n) is 0.363. The predicted octanol–water partition coefficient (Wildman–Crippen LogP) is 0.121. The number of piperidine rings is 1. The van der Waals surface area contributed by atoms with E-state index >= 15 is 0 Å². The number of hydrogen-bond donors (Lipinski definition) is 2. The van der Waals surface area contributed by atoms with Crippen molar-refractivity contribution in [2.75, 3.05) is 13.1 Å². The Hall–Kier alpha value is -0.0800. The molecule has 1 aliphatic rings. The van der Waals surface area contributed by atoms with Crippen LogP contribution in [0.25, 0.3) is 0 Å². The van der Waals surface area contributed by atoms with Crippen molar-refractivity contribution >= 4 is 0 Å². The van der Waals surface area contributed by atoms with Gasteiger partial charge < -0.3 is 10.4 Å². The second-order valence-electron chi connectivity index (χ2n) is 1.26. The zero-order valence-corrected chi connectivity index (χ0v) is 4.18. The SMILES string of the molecule is [2H]C1N([2H])C([2H])(CO)C([2H])([2H])C([2H])([2H])C1([2H])[2H]. The zero-order valence-electron chi connectivity index (χ0n) is 13.2. The van der Waals surface area contributed by atoms with Crippen LogP contribution in [0.3, 0.4) is 0 Å². The summed E-state index contributed by atoms with van der Waals surface area (Å²) in [6, 6.07) is -2.73. The predicted molar refractivity (Wildman–Crippen MR) is 32.7 cm³/mol. The van der Waals surface area contributed by atoms with Crippen molar-refractivity contribution < 1.29 is 17.5 Å². The highest BCUT2D eigenvalue weighted by atomic mass is 16.3. The van der Waals surface area contributed by atoms with E-state index in [2.05, 4.69) is 0 Å². The molecular formula is C6H13NO. The lowest BCUT2D eigenvalue weighted by Gasteiger charge is -2.20. The summed E-state index contributed by atoms with van der Waals surface area (Å²) in [7, 11) is 0. The van der Waals surface area contributed by atoms with Gasteiger partial charge in [-0.25, -0.2) is 0 Å². The van der Waals surface area contributed by atoms with E-state index in [9.17, 15) is 0 Å². The van der Waals surface area contributed by atoms with Gasteiger partial charge in [0, 0.05) is 17.0 Å². The first-order valence-corrected chi connectivity index (χ1v) is 2.19. The number of rotatable bonds is 1. The second-order valence-corrected chi connectivity index (χ2v) is 1.26. The Balaban J connectivity index is 3.46. The first-order chi connectivity index (χ1) is 7.38. The molecule has 1 heterocycles. The van der Waals surface area contributed by atoms with E-state index < -0.39 is 38.3 Å². The van der Waals surface area contributed by atoms with Crippen LogP contribution in [0.1, 0.15) is 30.1 Å². The Morgan fingerprint density at radius 3 is 3.62 bits per heavy atom. The second kappa shape index (κ2) is 3.05. The van der Waals surface area contributed by atoms with Crippen molar-refractivity contribution in [1.29, 1.82) is 0 Å². The molecule has 0 aliphatic carbocycles. The molecule has 2 nitrogen and oxygen atoms in total. The first kappa shape index (κ1) is 1.32. The van der Waals surface area contributed by atoms with E-state index in [1.165, 1.54) is 0 Å². The Morgan fingerprint density at radius 2 is 2.88 bits per heavy atom. The number of hydrogen-bond acceptors (Lipinski definition) is 2. The maximum Gasteiger partial charge on any atom is 0.123 e. The lowest BCUT2D eigenvalue weighted by molar-refractivity contribution is 0.220. The molecule has 48 valence electrons. The van der Waals surface area contributed by atoms with Gasteiger partial charge in [0.15, 0.2) is 0 Å². The van der Waals surface area contributed by atoms with Crippen molar-refractivity contribution in [2.24, 2.45) is 0 Å². The van der Waals surface area contributed by atoms with Gasteiger partial charge in [0.25, 0.3) is 0 Å². The quantitative estimate of drug-likeness (QED) is 0.520. The molecule has 1 saturated heterocycles. The largest absolute Gasteiger partial charge is 0.395 e. The van der Waals surface area contributed by atoms with Gasteiger partial charge in [-0.15, -0.1) is 0 Å². The molecule has 2 unspecified atom stereocenters. The van der Waals surface area contributed by atoms with E-state index in [4.69, 9.17) is 17.5 Å². The summed E-state index contributed by atoms with van der Waals surface area (Å²) in [6.45, 7) is -3.32. The first-order valence-electron chi connectivity index (χ1n) is 6.71. The highest BCUT2D eigenvalue weighted by molar-refractivity contribution is 4.69. The fourth-order valence-corrected chi connectivity index (χ4v) is 0.363. The van der Waals surface area contributed by atoms with Crippen molar-refractivity contribution in [1.82, 2.24) is 5.31 Å². The maximum absolute atomic E-state index is 9.01. The van der Waals surface area contributed by atoms with Gasteiger partial charge in [-0.2, -0.15) is 0 Å². The van der Waals surface area contributed by atoms with E-state index in [1.54, 1.807) is 0 Å². The standard InChI is InChI=1S/C6H13NO/c8-5-6-3-1-2-4-7-6/h6-8H,1-5H2/i1D2,2D2,3D2,4D,6D/hD. The van der Waals surface area contributed by atoms with Crippen molar-refractivity contribution in [2.45, 2.75) is 25.1 Å². The van der Waals surface area contributed by atoms with Crippen LogP contribution in [-0.2, 0) is 0 Å². The number of aliphatic hydroxyl groups is 1.